The first-order valence-corrected chi connectivity index (χ1v) is 7.02. The zero-order valence-corrected chi connectivity index (χ0v) is 12.2. The van der Waals surface area contributed by atoms with Crippen molar-refractivity contribution in [2.75, 3.05) is 6.61 Å². The fourth-order valence-corrected chi connectivity index (χ4v) is 2.06. The number of hydrogen-bond acceptors (Lipinski definition) is 2. The predicted molar refractivity (Wildman–Crippen MR) is 78.1 cm³/mol. The molecule has 0 aliphatic heterocycles. The van der Waals surface area contributed by atoms with Crippen molar-refractivity contribution in [3.8, 4) is 5.75 Å². The maximum absolute atomic E-state index is 6.08. The SMILES string of the molecule is CCOc1ccc(C)cc1CCCC(N)C(C)C. The number of hydrogen-bond donors (Lipinski definition) is 1. The van der Waals surface area contributed by atoms with Crippen LogP contribution in [0.4, 0.5) is 0 Å². The Labute approximate surface area is 112 Å². The summed E-state index contributed by atoms with van der Waals surface area (Å²) in [5.74, 6) is 1.59. The Kier molecular flexibility index (Phi) is 6.20. The van der Waals surface area contributed by atoms with E-state index in [1.807, 2.05) is 6.92 Å². The van der Waals surface area contributed by atoms with Crippen molar-refractivity contribution in [2.45, 2.75) is 53.0 Å². The van der Waals surface area contributed by atoms with Gasteiger partial charge in [0.05, 0.1) is 6.61 Å². The zero-order valence-electron chi connectivity index (χ0n) is 12.2. The Bertz CT molecular complexity index is 360. The van der Waals surface area contributed by atoms with E-state index in [0.717, 1.165) is 31.6 Å². The molecule has 0 aliphatic carbocycles. The van der Waals surface area contributed by atoms with Crippen LogP contribution in [0.1, 0.15) is 44.7 Å². The number of benzene rings is 1. The van der Waals surface area contributed by atoms with Crippen molar-refractivity contribution in [1.82, 2.24) is 0 Å². The topological polar surface area (TPSA) is 35.2 Å². The Morgan fingerprint density at radius 1 is 1.28 bits per heavy atom. The first-order chi connectivity index (χ1) is 8.54. The molecule has 2 N–H and O–H groups in total. The molecule has 102 valence electrons. The van der Waals surface area contributed by atoms with Crippen molar-refractivity contribution >= 4 is 0 Å². The molecule has 1 rings (SSSR count). The highest BCUT2D eigenvalue weighted by atomic mass is 16.5. The average molecular weight is 249 g/mol. The summed E-state index contributed by atoms with van der Waals surface area (Å²) in [7, 11) is 0. The molecule has 0 saturated carbocycles. The number of aryl methyl sites for hydroxylation is 2. The molecular formula is C16H27NO. The predicted octanol–water partition coefficient (Wildman–Crippen LogP) is 3.70. The fraction of sp³-hybridized carbons (Fsp3) is 0.625. The van der Waals surface area contributed by atoms with Gasteiger partial charge in [0.2, 0.25) is 0 Å². The third-order valence-electron chi connectivity index (χ3n) is 3.36. The molecule has 0 spiro atoms. The maximum atomic E-state index is 6.08. The van der Waals surface area contributed by atoms with E-state index in [0.29, 0.717) is 12.0 Å². The van der Waals surface area contributed by atoms with Gasteiger partial charge in [-0.05, 0) is 50.7 Å². The molecule has 1 atom stereocenters. The highest BCUT2D eigenvalue weighted by Crippen LogP contribution is 2.22. The minimum atomic E-state index is 0.311. The first-order valence-electron chi connectivity index (χ1n) is 7.02. The highest BCUT2D eigenvalue weighted by Gasteiger charge is 2.09. The monoisotopic (exact) mass is 249 g/mol. The molecule has 0 aromatic heterocycles. The average Bonchev–Trinajstić information content (AvgIpc) is 2.32. The lowest BCUT2D eigenvalue weighted by molar-refractivity contribution is 0.335. The first kappa shape index (κ1) is 15.0. The Balaban J connectivity index is 2.57. The van der Waals surface area contributed by atoms with E-state index in [-0.39, 0.29) is 0 Å². The molecule has 1 unspecified atom stereocenters. The second-order valence-electron chi connectivity index (χ2n) is 5.34. The van der Waals surface area contributed by atoms with Crippen LogP contribution in [0, 0.1) is 12.8 Å². The molecule has 0 saturated heterocycles. The smallest absolute Gasteiger partial charge is 0.122 e. The molecule has 0 heterocycles. The van der Waals surface area contributed by atoms with Gasteiger partial charge in [-0.25, -0.2) is 0 Å². The van der Waals surface area contributed by atoms with Crippen molar-refractivity contribution < 1.29 is 4.74 Å². The lowest BCUT2D eigenvalue weighted by Gasteiger charge is -2.16. The lowest BCUT2D eigenvalue weighted by Crippen LogP contribution is -2.26. The second kappa shape index (κ2) is 7.42. The number of nitrogens with two attached hydrogens (primary N) is 1. The standard InChI is InChI=1S/C16H27NO/c1-5-18-16-10-9-13(4)11-14(16)7-6-8-15(17)12(2)3/h9-12,15H,5-8,17H2,1-4H3. The fourth-order valence-electron chi connectivity index (χ4n) is 2.06. The number of ether oxygens (including phenoxy) is 1. The van der Waals surface area contributed by atoms with E-state index in [9.17, 15) is 0 Å². The van der Waals surface area contributed by atoms with Gasteiger partial charge in [-0.1, -0.05) is 31.5 Å². The van der Waals surface area contributed by atoms with Gasteiger partial charge >= 0.3 is 0 Å². The van der Waals surface area contributed by atoms with Gasteiger partial charge < -0.3 is 10.5 Å². The van der Waals surface area contributed by atoms with E-state index in [4.69, 9.17) is 10.5 Å². The van der Waals surface area contributed by atoms with E-state index < -0.39 is 0 Å². The Hall–Kier alpha value is -1.02. The Morgan fingerprint density at radius 2 is 2.00 bits per heavy atom. The molecule has 1 aromatic rings. The largest absolute Gasteiger partial charge is 0.494 e. The van der Waals surface area contributed by atoms with Crippen LogP contribution in [-0.4, -0.2) is 12.6 Å². The molecule has 18 heavy (non-hydrogen) atoms. The Morgan fingerprint density at radius 3 is 2.61 bits per heavy atom. The normalized spacial score (nSPS) is 12.8. The summed E-state index contributed by atoms with van der Waals surface area (Å²) >= 11 is 0. The minimum absolute atomic E-state index is 0.311. The molecule has 0 fully saturated rings. The summed E-state index contributed by atoms with van der Waals surface area (Å²) in [6.45, 7) is 9.24. The van der Waals surface area contributed by atoms with Crippen LogP contribution in [-0.2, 0) is 6.42 Å². The van der Waals surface area contributed by atoms with Gasteiger partial charge in [0.1, 0.15) is 5.75 Å². The molecule has 0 bridgehead atoms. The lowest BCUT2D eigenvalue weighted by atomic mass is 9.97. The summed E-state index contributed by atoms with van der Waals surface area (Å²) in [4.78, 5) is 0. The summed E-state index contributed by atoms with van der Waals surface area (Å²) in [5.41, 5.74) is 8.68. The van der Waals surface area contributed by atoms with Crippen LogP contribution < -0.4 is 10.5 Å². The van der Waals surface area contributed by atoms with Crippen LogP contribution in [0.15, 0.2) is 18.2 Å². The molecule has 2 nitrogen and oxygen atoms in total. The maximum Gasteiger partial charge on any atom is 0.122 e. The zero-order chi connectivity index (χ0) is 13.5. The minimum Gasteiger partial charge on any atom is -0.494 e. The summed E-state index contributed by atoms with van der Waals surface area (Å²) in [5, 5.41) is 0. The van der Waals surface area contributed by atoms with Gasteiger partial charge in [-0.2, -0.15) is 0 Å². The molecular weight excluding hydrogens is 222 g/mol. The summed E-state index contributed by atoms with van der Waals surface area (Å²) in [6.07, 6.45) is 3.26. The quantitative estimate of drug-likeness (QED) is 0.799. The van der Waals surface area contributed by atoms with Crippen molar-refractivity contribution in [1.29, 1.82) is 0 Å². The van der Waals surface area contributed by atoms with Gasteiger partial charge in [0.25, 0.3) is 0 Å². The van der Waals surface area contributed by atoms with Crippen LogP contribution >= 0.6 is 0 Å². The van der Waals surface area contributed by atoms with Crippen LogP contribution in [0.5, 0.6) is 5.75 Å². The van der Waals surface area contributed by atoms with E-state index in [2.05, 4.69) is 39.0 Å². The summed E-state index contributed by atoms with van der Waals surface area (Å²) < 4.78 is 5.67. The van der Waals surface area contributed by atoms with E-state index in [1.54, 1.807) is 0 Å². The second-order valence-corrected chi connectivity index (χ2v) is 5.34. The summed E-state index contributed by atoms with van der Waals surface area (Å²) in [6, 6.07) is 6.72. The third kappa shape index (κ3) is 4.69. The molecule has 0 radical (unpaired) electrons. The van der Waals surface area contributed by atoms with Crippen molar-refractivity contribution in [3.63, 3.8) is 0 Å². The van der Waals surface area contributed by atoms with Crippen LogP contribution in [0.3, 0.4) is 0 Å². The van der Waals surface area contributed by atoms with Gasteiger partial charge in [0, 0.05) is 6.04 Å². The van der Waals surface area contributed by atoms with Crippen molar-refractivity contribution in [2.24, 2.45) is 11.7 Å². The molecule has 0 aliphatic rings. The van der Waals surface area contributed by atoms with Crippen LogP contribution in [0.25, 0.3) is 0 Å². The van der Waals surface area contributed by atoms with Crippen LogP contribution in [0.2, 0.25) is 0 Å². The van der Waals surface area contributed by atoms with Gasteiger partial charge in [-0.3, -0.25) is 0 Å². The van der Waals surface area contributed by atoms with Crippen molar-refractivity contribution in [3.05, 3.63) is 29.3 Å². The van der Waals surface area contributed by atoms with E-state index >= 15 is 0 Å². The third-order valence-corrected chi connectivity index (χ3v) is 3.36. The van der Waals surface area contributed by atoms with E-state index in [1.165, 1.54) is 11.1 Å². The number of rotatable bonds is 7. The van der Waals surface area contributed by atoms with Gasteiger partial charge in [-0.15, -0.1) is 0 Å². The molecule has 0 amide bonds. The molecule has 1 aromatic carbocycles. The molecule has 2 heteroatoms. The highest BCUT2D eigenvalue weighted by molar-refractivity contribution is 5.37. The van der Waals surface area contributed by atoms with Gasteiger partial charge in [0.15, 0.2) is 0 Å².